The fourth-order valence-corrected chi connectivity index (χ4v) is 7.20. The molecule has 0 atom stereocenters. The number of benzene rings is 8. The van der Waals surface area contributed by atoms with Gasteiger partial charge in [-0.05, 0) is 67.7 Å². The molecule has 0 spiro atoms. The van der Waals surface area contributed by atoms with Crippen LogP contribution in [0.3, 0.4) is 0 Å². The SMILES string of the molecule is c1ccc(-c2nc(-c3ccc4ccc5c6ccccc6ccc5c4c3)nc(-c3c(-c4ccccc4)ccc4oc5ccccc5c34)n2)cc1. The first-order valence-electron chi connectivity index (χ1n) is 16.4. The number of para-hydroxylation sites is 1. The molecule has 228 valence electrons. The summed E-state index contributed by atoms with van der Waals surface area (Å²) < 4.78 is 6.38. The molecule has 4 nitrogen and oxygen atoms in total. The molecule has 0 aliphatic carbocycles. The maximum absolute atomic E-state index is 6.38. The highest BCUT2D eigenvalue weighted by Crippen LogP contribution is 2.42. The maximum atomic E-state index is 6.38. The first-order chi connectivity index (χ1) is 24.3. The third-order valence-electron chi connectivity index (χ3n) is 9.52. The Balaban J connectivity index is 1.28. The largest absolute Gasteiger partial charge is 0.456 e. The molecule has 0 saturated heterocycles. The summed E-state index contributed by atoms with van der Waals surface area (Å²) in [5.41, 5.74) is 6.52. The van der Waals surface area contributed by atoms with Crippen molar-refractivity contribution in [3.8, 4) is 45.3 Å². The first kappa shape index (κ1) is 27.5. The summed E-state index contributed by atoms with van der Waals surface area (Å²) in [4.78, 5) is 15.6. The minimum absolute atomic E-state index is 0.601. The molecule has 49 heavy (non-hydrogen) atoms. The molecule has 0 unspecified atom stereocenters. The van der Waals surface area contributed by atoms with Gasteiger partial charge in [0.1, 0.15) is 11.2 Å². The Hall–Kier alpha value is -6.65. The van der Waals surface area contributed by atoms with Crippen molar-refractivity contribution in [1.82, 2.24) is 15.0 Å². The van der Waals surface area contributed by atoms with Gasteiger partial charge in [0, 0.05) is 27.5 Å². The van der Waals surface area contributed by atoms with Gasteiger partial charge in [0.2, 0.25) is 0 Å². The molecule has 0 aliphatic heterocycles. The third kappa shape index (κ3) is 4.49. The van der Waals surface area contributed by atoms with E-state index in [1.807, 2.05) is 54.6 Å². The summed E-state index contributed by atoms with van der Waals surface area (Å²) in [6.07, 6.45) is 0. The highest BCUT2D eigenvalue weighted by atomic mass is 16.3. The van der Waals surface area contributed by atoms with Gasteiger partial charge in [-0.2, -0.15) is 0 Å². The molecule has 4 heteroatoms. The highest BCUT2D eigenvalue weighted by Gasteiger charge is 2.22. The maximum Gasteiger partial charge on any atom is 0.165 e. The van der Waals surface area contributed by atoms with E-state index in [0.29, 0.717) is 17.5 Å². The van der Waals surface area contributed by atoms with Crippen molar-refractivity contribution in [3.63, 3.8) is 0 Å². The number of furan rings is 1. The second-order valence-electron chi connectivity index (χ2n) is 12.4. The van der Waals surface area contributed by atoms with Gasteiger partial charge in [-0.15, -0.1) is 0 Å². The highest BCUT2D eigenvalue weighted by molar-refractivity contribution is 6.18. The molecular weight excluding hydrogens is 599 g/mol. The van der Waals surface area contributed by atoms with E-state index >= 15 is 0 Å². The van der Waals surface area contributed by atoms with Crippen molar-refractivity contribution < 1.29 is 4.42 Å². The summed E-state index contributed by atoms with van der Waals surface area (Å²) >= 11 is 0. The van der Waals surface area contributed by atoms with Crippen LogP contribution in [0.1, 0.15) is 0 Å². The average Bonchev–Trinajstić information content (AvgIpc) is 3.56. The van der Waals surface area contributed by atoms with Crippen molar-refractivity contribution in [2.45, 2.75) is 0 Å². The molecule has 0 N–H and O–H groups in total. The quantitative estimate of drug-likeness (QED) is 0.183. The molecule has 0 radical (unpaired) electrons. The zero-order chi connectivity index (χ0) is 32.3. The molecule has 10 aromatic rings. The molecule has 0 amide bonds. The standard InChI is InChI=1S/C45H27N3O/c1-3-11-28(12-4-1)34-25-26-40-41(37-17-9-10-18-39(37)49-40)42(34)45-47-43(31-14-5-2-6-15-31)46-44(48-45)32-20-19-30-22-23-35-33-16-8-7-13-29(33)21-24-36(35)38(30)27-32/h1-27H. The molecule has 0 bridgehead atoms. The molecule has 2 aromatic heterocycles. The molecule has 8 aromatic carbocycles. The summed E-state index contributed by atoms with van der Waals surface area (Å²) in [5.74, 6) is 1.84. The van der Waals surface area contributed by atoms with E-state index in [4.69, 9.17) is 19.4 Å². The predicted octanol–water partition coefficient (Wildman–Crippen LogP) is 11.9. The number of hydrogen-bond acceptors (Lipinski definition) is 4. The van der Waals surface area contributed by atoms with Crippen molar-refractivity contribution >= 4 is 54.3 Å². The lowest BCUT2D eigenvalue weighted by molar-refractivity contribution is 0.669. The Labute approximate surface area is 282 Å². The van der Waals surface area contributed by atoms with Crippen LogP contribution >= 0.6 is 0 Å². The van der Waals surface area contributed by atoms with Crippen LogP contribution in [0.5, 0.6) is 0 Å². The Morgan fingerprint density at radius 1 is 0.347 bits per heavy atom. The molecular formula is C45H27N3O. The lowest BCUT2D eigenvalue weighted by Crippen LogP contribution is -2.01. The third-order valence-corrected chi connectivity index (χ3v) is 9.52. The normalized spacial score (nSPS) is 11.7. The minimum Gasteiger partial charge on any atom is -0.456 e. The van der Waals surface area contributed by atoms with E-state index in [0.717, 1.165) is 55.1 Å². The predicted molar refractivity (Wildman–Crippen MR) is 201 cm³/mol. The Kier molecular flexibility index (Phi) is 6.15. The van der Waals surface area contributed by atoms with Crippen molar-refractivity contribution in [3.05, 3.63) is 164 Å². The van der Waals surface area contributed by atoms with Gasteiger partial charge in [0.15, 0.2) is 17.5 Å². The van der Waals surface area contributed by atoms with Crippen LogP contribution in [-0.2, 0) is 0 Å². The topological polar surface area (TPSA) is 51.8 Å². The lowest BCUT2D eigenvalue weighted by atomic mass is 9.94. The fraction of sp³-hybridized carbons (Fsp3) is 0. The van der Waals surface area contributed by atoms with Gasteiger partial charge in [-0.1, -0.05) is 140 Å². The number of rotatable bonds is 4. The molecule has 0 saturated carbocycles. The lowest BCUT2D eigenvalue weighted by Gasteiger charge is -2.14. The average molecular weight is 626 g/mol. The second kappa shape index (κ2) is 11.0. The van der Waals surface area contributed by atoms with Crippen LogP contribution in [0.25, 0.3) is 99.5 Å². The smallest absolute Gasteiger partial charge is 0.165 e. The number of nitrogens with zero attached hydrogens (tertiary/aromatic N) is 3. The minimum atomic E-state index is 0.601. The Morgan fingerprint density at radius 2 is 0.939 bits per heavy atom. The zero-order valence-corrected chi connectivity index (χ0v) is 26.3. The van der Waals surface area contributed by atoms with Crippen LogP contribution < -0.4 is 0 Å². The van der Waals surface area contributed by atoms with E-state index in [1.165, 1.54) is 26.9 Å². The summed E-state index contributed by atoms with van der Waals surface area (Å²) in [6, 6.07) is 56.9. The van der Waals surface area contributed by atoms with Crippen LogP contribution in [0.4, 0.5) is 0 Å². The van der Waals surface area contributed by atoms with Crippen LogP contribution in [-0.4, -0.2) is 15.0 Å². The van der Waals surface area contributed by atoms with E-state index in [-0.39, 0.29) is 0 Å². The summed E-state index contributed by atoms with van der Waals surface area (Å²) in [6.45, 7) is 0. The van der Waals surface area contributed by atoms with Crippen molar-refractivity contribution in [1.29, 1.82) is 0 Å². The Morgan fingerprint density at radius 3 is 1.73 bits per heavy atom. The van der Waals surface area contributed by atoms with Gasteiger partial charge in [-0.25, -0.2) is 15.0 Å². The number of aromatic nitrogens is 3. The molecule has 2 heterocycles. The molecule has 0 aliphatic rings. The Bertz CT molecular complexity index is 2880. The second-order valence-corrected chi connectivity index (χ2v) is 12.4. The van der Waals surface area contributed by atoms with Gasteiger partial charge in [-0.3, -0.25) is 0 Å². The van der Waals surface area contributed by atoms with Gasteiger partial charge < -0.3 is 4.42 Å². The van der Waals surface area contributed by atoms with Gasteiger partial charge in [0.05, 0.1) is 0 Å². The van der Waals surface area contributed by atoms with Crippen molar-refractivity contribution in [2.75, 3.05) is 0 Å². The van der Waals surface area contributed by atoms with E-state index < -0.39 is 0 Å². The van der Waals surface area contributed by atoms with E-state index in [1.54, 1.807) is 0 Å². The van der Waals surface area contributed by atoms with Crippen LogP contribution in [0.15, 0.2) is 168 Å². The van der Waals surface area contributed by atoms with Crippen molar-refractivity contribution in [2.24, 2.45) is 0 Å². The fourth-order valence-electron chi connectivity index (χ4n) is 7.20. The van der Waals surface area contributed by atoms with Gasteiger partial charge >= 0.3 is 0 Å². The van der Waals surface area contributed by atoms with Gasteiger partial charge in [0.25, 0.3) is 0 Å². The van der Waals surface area contributed by atoms with E-state index in [2.05, 4.69) is 109 Å². The molecule has 10 rings (SSSR count). The first-order valence-corrected chi connectivity index (χ1v) is 16.4. The summed E-state index contributed by atoms with van der Waals surface area (Å²) in [5, 5.41) is 9.27. The monoisotopic (exact) mass is 625 g/mol. The number of hydrogen-bond donors (Lipinski definition) is 0. The number of fused-ring (bicyclic) bond motifs is 8. The molecule has 0 fully saturated rings. The van der Waals surface area contributed by atoms with E-state index in [9.17, 15) is 0 Å². The summed E-state index contributed by atoms with van der Waals surface area (Å²) in [7, 11) is 0. The van der Waals surface area contributed by atoms with Crippen LogP contribution in [0, 0.1) is 0 Å². The zero-order valence-electron chi connectivity index (χ0n) is 26.3. The van der Waals surface area contributed by atoms with Crippen LogP contribution in [0.2, 0.25) is 0 Å².